The highest BCUT2D eigenvalue weighted by Gasteiger charge is 2.60. The van der Waals surface area contributed by atoms with Gasteiger partial charge in [-0.05, 0) is 24.0 Å². The van der Waals surface area contributed by atoms with Gasteiger partial charge in [-0.2, -0.15) is 0 Å². The lowest BCUT2D eigenvalue weighted by atomic mass is 9.64. The maximum absolute atomic E-state index is 11.3. The zero-order valence-corrected chi connectivity index (χ0v) is 16.0. The van der Waals surface area contributed by atoms with Crippen molar-refractivity contribution in [3.8, 4) is 0 Å². The van der Waals surface area contributed by atoms with Crippen molar-refractivity contribution in [3.05, 3.63) is 60.8 Å². The highest BCUT2D eigenvalue weighted by Crippen LogP contribution is 2.61. The van der Waals surface area contributed by atoms with E-state index in [0.717, 1.165) is 31.4 Å². The van der Waals surface area contributed by atoms with Crippen LogP contribution in [0.25, 0.3) is 0 Å². The van der Waals surface area contributed by atoms with E-state index in [1.165, 1.54) is 11.1 Å². The van der Waals surface area contributed by atoms with Gasteiger partial charge in [0.25, 0.3) is 0 Å². The van der Waals surface area contributed by atoms with Crippen LogP contribution in [0.4, 0.5) is 0 Å². The van der Waals surface area contributed by atoms with E-state index in [9.17, 15) is 9.59 Å². The lowest BCUT2D eigenvalue weighted by Gasteiger charge is -2.51. The first kappa shape index (κ1) is 20.3. The van der Waals surface area contributed by atoms with Gasteiger partial charge in [-0.1, -0.05) is 43.9 Å². The van der Waals surface area contributed by atoms with Gasteiger partial charge in [0.15, 0.2) is 5.79 Å². The van der Waals surface area contributed by atoms with Gasteiger partial charge in [-0.15, -0.1) is 0 Å². The number of rotatable bonds is 10. The number of hydrogen-bond donors (Lipinski definition) is 0. The fraction of sp³-hybridized carbons (Fsp3) is 0.455. The molecule has 0 N–H and O–H groups in total. The van der Waals surface area contributed by atoms with Crippen LogP contribution in [0.2, 0.25) is 0 Å². The number of esters is 2. The number of hydrogen-bond acceptors (Lipinski definition) is 6. The van der Waals surface area contributed by atoms with Crippen molar-refractivity contribution in [2.24, 2.45) is 5.41 Å². The summed E-state index contributed by atoms with van der Waals surface area (Å²) in [6.07, 6.45) is 14.3. The Hall–Kier alpha value is -2.44. The maximum Gasteiger partial charge on any atom is 0.330 e. The lowest BCUT2D eigenvalue weighted by molar-refractivity contribution is -0.298. The third-order valence-corrected chi connectivity index (χ3v) is 5.49. The SMILES string of the molecule is C=CC(=O)OCCOC1(OCCOC(=O)C=C)CCCCC12C1=CC=C2C=C1. The van der Waals surface area contributed by atoms with Crippen molar-refractivity contribution >= 4 is 11.9 Å². The van der Waals surface area contributed by atoms with Crippen LogP contribution in [-0.4, -0.2) is 44.2 Å². The minimum atomic E-state index is -0.899. The average Bonchev–Trinajstić information content (AvgIpc) is 3.25. The molecule has 0 aromatic carbocycles. The van der Waals surface area contributed by atoms with Crippen LogP contribution < -0.4 is 0 Å². The van der Waals surface area contributed by atoms with Crippen molar-refractivity contribution < 1.29 is 28.5 Å². The van der Waals surface area contributed by atoms with Gasteiger partial charge >= 0.3 is 11.9 Å². The minimum Gasteiger partial charge on any atom is -0.460 e. The van der Waals surface area contributed by atoms with Crippen molar-refractivity contribution in [3.63, 3.8) is 0 Å². The molecule has 0 saturated heterocycles. The molecule has 1 saturated carbocycles. The van der Waals surface area contributed by atoms with Crippen LogP contribution in [0.3, 0.4) is 0 Å². The fourth-order valence-corrected chi connectivity index (χ4v) is 4.33. The standard InChI is InChI=1S/C22H26O6/c1-3-19(23)25-13-15-27-22(28-16-14-26-20(24)4-2)12-6-5-11-21(22)17-7-8-18(21)10-9-17/h3-4,7-10H,1-2,5-6,11-16H2. The van der Waals surface area contributed by atoms with Crippen LogP contribution >= 0.6 is 0 Å². The summed E-state index contributed by atoms with van der Waals surface area (Å²) in [5.41, 5.74) is 1.98. The third-order valence-electron chi connectivity index (χ3n) is 5.49. The summed E-state index contributed by atoms with van der Waals surface area (Å²) in [6.45, 7) is 7.41. The Morgan fingerprint density at radius 3 is 1.82 bits per heavy atom. The summed E-state index contributed by atoms with van der Waals surface area (Å²) < 4.78 is 22.7. The van der Waals surface area contributed by atoms with Gasteiger partial charge in [-0.3, -0.25) is 0 Å². The van der Waals surface area contributed by atoms with Crippen LogP contribution in [0.1, 0.15) is 25.7 Å². The van der Waals surface area contributed by atoms with E-state index >= 15 is 0 Å². The van der Waals surface area contributed by atoms with Crippen LogP contribution in [-0.2, 0) is 28.5 Å². The summed E-state index contributed by atoms with van der Waals surface area (Å²) in [5, 5.41) is 0. The van der Waals surface area contributed by atoms with Crippen LogP contribution in [0.5, 0.6) is 0 Å². The molecule has 1 spiro atoms. The second-order valence-corrected chi connectivity index (χ2v) is 6.88. The molecule has 0 atom stereocenters. The molecule has 0 aromatic rings. The Morgan fingerprint density at radius 1 is 0.857 bits per heavy atom. The topological polar surface area (TPSA) is 71.1 Å². The quantitative estimate of drug-likeness (QED) is 0.249. The molecule has 28 heavy (non-hydrogen) atoms. The van der Waals surface area contributed by atoms with Crippen molar-refractivity contribution in [1.82, 2.24) is 0 Å². The zero-order valence-electron chi connectivity index (χ0n) is 16.0. The second-order valence-electron chi connectivity index (χ2n) is 6.88. The Bertz CT molecular complexity index is 692. The summed E-state index contributed by atoms with van der Waals surface area (Å²) in [4.78, 5) is 22.6. The molecule has 3 aliphatic carbocycles. The Labute approximate surface area is 165 Å². The Balaban J connectivity index is 1.74. The van der Waals surface area contributed by atoms with Gasteiger partial charge in [0.1, 0.15) is 13.2 Å². The van der Waals surface area contributed by atoms with E-state index in [4.69, 9.17) is 18.9 Å². The summed E-state index contributed by atoms with van der Waals surface area (Å²) in [6, 6.07) is 0. The largest absolute Gasteiger partial charge is 0.460 e. The molecule has 3 rings (SSSR count). The summed E-state index contributed by atoms with van der Waals surface area (Å²) in [5.74, 6) is -1.87. The first-order valence-electron chi connectivity index (χ1n) is 9.55. The number of carbonyl (C=O) groups is 2. The molecule has 3 aliphatic rings. The molecule has 6 nitrogen and oxygen atoms in total. The molecule has 0 radical (unpaired) electrons. The fourth-order valence-electron chi connectivity index (χ4n) is 4.33. The van der Waals surface area contributed by atoms with Gasteiger partial charge < -0.3 is 18.9 Å². The number of allylic oxidation sites excluding steroid dienone is 4. The molecule has 150 valence electrons. The second kappa shape index (κ2) is 8.71. The van der Waals surface area contributed by atoms with E-state index < -0.39 is 17.7 Å². The van der Waals surface area contributed by atoms with Crippen LogP contribution in [0.15, 0.2) is 60.8 Å². The minimum absolute atomic E-state index is 0.114. The highest BCUT2D eigenvalue weighted by atomic mass is 16.7. The van der Waals surface area contributed by atoms with E-state index in [2.05, 4.69) is 37.5 Å². The Morgan fingerprint density at radius 2 is 1.36 bits per heavy atom. The molecular formula is C22H26O6. The molecule has 6 heteroatoms. The predicted octanol–water partition coefficient (Wildman–Crippen LogP) is 3.17. The molecular weight excluding hydrogens is 360 g/mol. The number of ether oxygens (including phenoxy) is 4. The van der Waals surface area contributed by atoms with E-state index in [-0.39, 0.29) is 31.8 Å². The first-order valence-corrected chi connectivity index (χ1v) is 9.55. The summed E-state index contributed by atoms with van der Waals surface area (Å²) >= 11 is 0. The molecule has 1 fully saturated rings. The monoisotopic (exact) mass is 386 g/mol. The molecule has 0 aromatic heterocycles. The van der Waals surface area contributed by atoms with Crippen molar-refractivity contribution in [1.29, 1.82) is 0 Å². The number of carbonyl (C=O) groups excluding carboxylic acids is 2. The molecule has 2 bridgehead atoms. The van der Waals surface area contributed by atoms with Gasteiger partial charge in [-0.25, -0.2) is 9.59 Å². The highest BCUT2D eigenvalue weighted by molar-refractivity contribution is 5.81. The normalized spacial score (nSPS) is 20.4. The van der Waals surface area contributed by atoms with E-state index in [0.29, 0.717) is 6.42 Å². The lowest BCUT2D eigenvalue weighted by Crippen LogP contribution is -2.55. The molecule has 0 aliphatic heterocycles. The predicted molar refractivity (Wildman–Crippen MR) is 103 cm³/mol. The maximum atomic E-state index is 11.3. The van der Waals surface area contributed by atoms with Crippen molar-refractivity contribution in [2.45, 2.75) is 31.5 Å². The van der Waals surface area contributed by atoms with Crippen LogP contribution in [0, 0.1) is 5.41 Å². The van der Waals surface area contributed by atoms with Gasteiger partial charge in [0.05, 0.1) is 18.6 Å². The van der Waals surface area contributed by atoms with E-state index in [1.54, 1.807) is 0 Å². The van der Waals surface area contributed by atoms with E-state index in [1.807, 2.05) is 0 Å². The van der Waals surface area contributed by atoms with Gasteiger partial charge in [0, 0.05) is 18.6 Å². The first-order chi connectivity index (χ1) is 13.6. The smallest absolute Gasteiger partial charge is 0.330 e. The molecule has 0 heterocycles. The average molecular weight is 386 g/mol. The Kier molecular flexibility index (Phi) is 6.31. The zero-order chi connectivity index (χ0) is 20.0. The molecule has 0 unspecified atom stereocenters. The van der Waals surface area contributed by atoms with Gasteiger partial charge in [0.2, 0.25) is 0 Å². The summed E-state index contributed by atoms with van der Waals surface area (Å²) in [7, 11) is 0. The third kappa shape index (κ3) is 3.62. The van der Waals surface area contributed by atoms with Crippen molar-refractivity contribution in [2.75, 3.05) is 26.4 Å². The molecule has 0 amide bonds.